The number of rotatable bonds is 4. The molecule has 126 valence electrons. The van der Waals surface area contributed by atoms with Gasteiger partial charge in [-0.3, -0.25) is 9.59 Å². The van der Waals surface area contributed by atoms with Crippen molar-refractivity contribution in [2.24, 2.45) is 0 Å². The SMILES string of the molecule is CC(C)c1csc(C(=O)N2CCNC(=O)[C@@H]2Cc2ccccc2)n1. The molecule has 0 saturated carbocycles. The van der Waals surface area contributed by atoms with Crippen molar-refractivity contribution in [1.82, 2.24) is 15.2 Å². The Hall–Kier alpha value is -2.21. The summed E-state index contributed by atoms with van der Waals surface area (Å²) in [5.74, 6) is 0.0364. The predicted octanol–water partition coefficient (Wildman–Crippen LogP) is 2.45. The molecule has 0 radical (unpaired) electrons. The van der Waals surface area contributed by atoms with E-state index in [9.17, 15) is 9.59 Å². The zero-order valence-corrected chi connectivity index (χ0v) is 14.7. The summed E-state index contributed by atoms with van der Waals surface area (Å²) in [6.07, 6.45) is 0.515. The summed E-state index contributed by atoms with van der Waals surface area (Å²) in [6.45, 7) is 5.10. The van der Waals surface area contributed by atoms with E-state index in [1.807, 2.05) is 35.7 Å². The van der Waals surface area contributed by atoms with Crippen LogP contribution in [0, 0.1) is 0 Å². The quantitative estimate of drug-likeness (QED) is 0.927. The summed E-state index contributed by atoms with van der Waals surface area (Å²) < 4.78 is 0. The summed E-state index contributed by atoms with van der Waals surface area (Å²) in [4.78, 5) is 31.3. The van der Waals surface area contributed by atoms with Crippen LogP contribution in [0.15, 0.2) is 35.7 Å². The van der Waals surface area contributed by atoms with E-state index < -0.39 is 6.04 Å². The predicted molar refractivity (Wildman–Crippen MR) is 94.2 cm³/mol. The highest BCUT2D eigenvalue weighted by Crippen LogP contribution is 2.21. The molecule has 1 saturated heterocycles. The first kappa shape index (κ1) is 16.6. The second kappa shape index (κ2) is 7.13. The lowest BCUT2D eigenvalue weighted by Gasteiger charge is -2.34. The maximum Gasteiger partial charge on any atom is 0.283 e. The molecule has 1 N–H and O–H groups in total. The summed E-state index contributed by atoms with van der Waals surface area (Å²) in [5, 5.41) is 5.25. The molecule has 0 aliphatic carbocycles. The highest BCUT2D eigenvalue weighted by Gasteiger charge is 2.34. The number of hydrogen-bond donors (Lipinski definition) is 1. The Morgan fingerprint density at radius 3 is 2.79 bits per heavy atom. The van der Waals surface area contributed by atoms with Crippen molar-refractivity contribution in [2.75, 3.05) is 13.1 Å². The number of benzene rings is 1. The number of aromatic nitrogens is 1. The molecule has 6 heteroatoms. The van der Waals surface area contributed by atoms with Crippen LogP contribution in [0.3, 0.4) is 0 Å². The number of carbonyl (C=O) groups is 2. The van der Waals surface area contributed by atoms with Gasteiger partial charge in [-0.05, 0) is 11.5 Å². The molecule has 1 aliphatic heterocycles. The molecule has 1 aliphatic rings. The molecular formula is C18H21N3O2S. The van der Waals surface area contributed by atoms with E-state index in [0.717, 1.165) is 11.3 Å². The standard InChI is InChI=1S/C18H21N3O2S/c1-12(2)14-11-24-17(20-14)18(23)21-9-8-19-16(22)15(21)10-13-6-4-3-5-7-13/h3-7,11-12,15H,8-10H2,1-2H3,(H,19,22)/t15-/m0/s1. The Morgan fingerprint density at radius 1 is 1.38 bits per heavy atom. The Labute approximate surface area is 145 Å². The summed E-state index contributed by atoms with van der Waals surface area (Å²) >= 11 is 1.36. The molecule has 1 atom stereocenters. The molecule has 24 heavy (non-hydrogen) atoms. The summed E-state index contributed by atoms with van der Waals surface area (Å²) in [7, 11) is 0. The van der Waals surface area contributed by atoms with E-state index in [2.05, 4.69) is 24.1 Å². The highest BCUT2D eigenvalue weighted by molar-refractivity contribution is 7.11. The first-order chi connectivity index (χ1) is 11.6. The number of hydrogen-bond acceptors (Lipinski definition) is 4. The topological polar surface area (TPSA) is 62.3 Å². The van der Waals surface area contributed by atoms with Gasteiger partial charge in [0.2, 0.25) is 5.91 Å². The van der Waals surface area contributed by atoms with E-state index in [1.165, 1.54) is 11.3 Å². The van der Waals surface area contributed by atoms with Gasteiger partial charge in [-0.2, -0.15) is 0 Å². The van der Waals surface area contributed by atoms with Crippen LogP contribution in [0.2, 0.25) is 0 Å². The van der Waals surface area contributed by atoms with Gasteiger partial charge in [0.25, 0.3) is 5.91 Å². The minimum atomic E-state index is -0.486. The molecule has 0 unspecified atom stereocenters. The summed E-state index contributed by atoms with van der Waals surface area (Å²) in [6, 6.07) is 9.29. The van der Waals surface area contributed by atoms with Crippen LogP contribution in [-0.2, 0) is 11.2 Å². The van der Waals surface area contributed by atoms with Crippen molar-refractivity contribution in [3.05, 3.63) is 52.0 Å². The van der Waals surface area contributed by atoms with Gasteiger partial charge in [-0.25, -0.2) is 4.98 Å². The normalized spacial score (nSPS) is 17.9. The van der Waals surface area contributed by atoms with Crippen LogP contribution < -0.4 is 5.32 Å². The Morgan fingerprint density at radius 2 is 2.12 bits per heavy atom. The van der Waals surface area contributed by atoms with Crippen LogP contribution in [0.25, 0.3) is 0 Å². The van der Waals surface area contributed by atoms with E-state index in [4.69, 9.17) is 0 Å². The van der Waals surface area contributed by atoms with Gasteiger partial charge in [0.05, 0.1) is 5.69 Å². The van der Waals surface area contributed by atoms with Gasteiger partial charge < -0.3 is 10.2 Å². The van der Waals surface area contributed by atoms with Gasteiger partial charge in [-0.15, -0.1) is 11.3 Å². The van der Waals surface area contributed by atoms with Crippen molar-refractivity contribution in [3.63, 3.8) is 0 Å². The molecule has 2 heterocycles. The zero-order valence-electron chi connectivity index (χ0n) is 13.9. The average Bonchev–Trinajstić information content (AvgIpc) is 3.07. The van der Waals surface area contributed by atoms with Crippen molar-refractivity contribution in [1.29, 1.82) is 0 Å². The third-order valence-electron chi connectivity index (χ3n) is 4.16. The smallest absolute Gasteiger partial charge is 0.283 e. The van der Waals surface area contributed by atoms with Crippen LogP contribution in [-0.4, -0.2) is 40.8 Å². The van der Waals surface area contributed by atoms with Crippen molar-refractivity contribution in [3.8, 4) is 0 Å². The number of piperazine rings is 1. The fourth-order valence-corrected chi connectivity index (χ4v) is 3.70. The molecule has 5 nitrogen and oxygen atoms in total. The number of nitrogens with one attached hydrogen (secondary N) is 1. The third kappa shape index (κ3) is 3.48. The van der Waals surface area contributed by atoms with Gasteiger partial charge in [0.15, 0.2) is 5.01 Å². The Kier molecular flexibility index (Phi) is 4.94. The van der Waals surface area contributed by atoms with Crippen LogP contribution in [0.4, 0.5) is 0 Å². The molecule has 1 aromatic carbocycles. The minimum Gasteiger partial charge on any atom is -0.353 e. The number of nitrogens with zero attached hydrogens (tertiary/aromatic N) is 2. The largest absolute Gasteiger partial charge is 0.353 e. The second-order valence-electron chi connectivity index (χ2n) is 6.23. The van der Waals surface area contributed by atoms with Crippen LogP contribution >= 0.6 is 11.3 Å². The third-order valence-corrected chi connectivity index (χ3v) is 5.01. The molecule has 0 bridgehead atoms. The molecule has 1 aromatic heterocycles. The zero-order chi connectivity index (χ0) is 17.1. The first-order valence-corrected chi connectivity index (χ1v) is 9.02. The Bertz CT molecular complexity index is 727. The van der Waals surface area contributed by atoms with E-state index in [1.54, 1.807) is 4.90 Å². The lowest BCUT2D eigenvalue weighted by Crippen LogP contribution is -2.58. The molecule has 0 spiro atoms. The number of carbonyl (C=O) groups excluding carboxylic acids is 2. The second-order valence-corrected chi connectivity index (χ2v) is 7.09. The van der Waals surface area contributed by atoms with Gasteiger partial charge in [-0.1, -0.05) is 44.2 Å². The van der Waals surface area contributed by atoms with Gasteiger partial charge in [0, 0.05) is 24.9 Å². The average molecular weight is 343 g/mol. The monoisotopic (exact) mass is 343 g/mol. The van der Waals surface area contributed by atoms with E-state index in [-0.39, 0.29) is 17.7 Å². The number of amides is 2. The first-order valence-electron chi connectivity index (χ1n) is 8.14. The van der Waals surface area contributed by atoms with Gasteiger partial charge >= 0.3 is 0 Å². The minimum absolute atomic E-state index is 0.0981. The van der Waals surface area contributed by atoms with Crippen LogP contribution in [0.1, 0.15) is 40.8 Å². The van der Waals surface area contributed by atoms with Gasteiger partial charge in [0.1, 0.15) is 6.04 Å². The molecule has 2 aromatic rings. The van der Waals surface area contributed by atoms with E-state index >= 15 is 0 Å². The maximum atomic E-state index is 12.9. The molecular weight excluding hydrogens is 322 g/mol. The molecule has 3 rings (SSSR count). The van der Waals surface area contributed by atoms with E-state index in [0.29, 0.717) is 24.5 Å². The Balaban J connectivity index is 1.82. The van der Waals surface area contributed by atoms with Crippen molar-refractivity contribution < 1.29 is 9.59 Å². The lowest BCUT2D eigenvalue weighted by atomic mass is 10.0. The summed E-state index contributed by atoms with van der Waals surface area (Å²) in [5.41, 5.74) is 1.96. The fourth-order valence-electron chi connectivity index (χ4n) is 2.77. The van der Waals surface area contributed by atoms with Crippen molar-refractivity contribution in [2.45, 2.75) is 32.2 Å². The maximum absolute atomic E-state index is 12.9. The fraction of sp³-hybridized carbons (Fsp3) is 0.389. The van der Waals surface area contributed by atoms with Crippen LogP contribution in [0.5, 0.6) is 0 Å². The highest BCUT2D eigenvalue weighted by atomic mass is 32.1. The lowest BCUT2D eigenvalue weighted by molar-refractivity contribution is -0.127. The number of thiazole rings is 1. The molecule has 1 fully saturated rings. The molecule has 2 amide bonds. The van der Waals surface area contributed by atoms with Crippen molar-refractivity contribution >= 4 is 23.2 Å².